The summed E-state index contributed by atoms with van der Waals surface area (Å²) in [7, 11) is 0. The maximum absolute atomic E-state index is 8.29. The van der Waals surface area contributed by atoms with Crippen LogP contribution in [0.25, 0.3) is 0 Å². The lowest BCUT2D eigenvalue weighted by molar-refractivity contribution is 0.223. The molecule has 0 spiro atoms. The van der Waals surface area contributed by atoms with Crippen molar-refractivity contribution in [2.45, 2.75) is 38.8 Å². The zero-order chi connectivity index (χ0) is 20.3. The summed E-state index contributed by atoms with van der Waals surface area (Å²) in [5.74, 6) is 0.766. The van der Waals surface area contributed by atoms with Gasteiger partial charge in [0.25, 0.3) is 0 Å². The molecule has 3 atom stereocenters. The minimum absolute atomic E-state index is 0.221. The molecule has 0 radical (unpaired) electrons. The van der Waals surface area contributed by atoms with Crippen molar-refractivity contribution in [2.24, 2.45) is 5.92 Å². The van der Waals surface area contributed by atoms with Crippen LogP contribution in [0, 0.1) is 12.8 Å². The van der Waals surface area contributed by atoms with Crippen LogP contribution in [0.2, 0.25) is 10.0 Å². The second-order valence-electron chi connectivity index (χ2n) is 7.67. The summed E-state index contributed by atoms with van der Waals surface area (Å²) in [6.45, 7) is 6.78. The second-order valence-corrected chi connectivity index (χ2v) is 8.65. The third-order valence-corrected chi connectivity index (χ3v) is 6.18. The summed E-state index contributed by atoms with van der Waals surface area (Å²) in [5, 5.41) is 5.28. The lowest BCUT2D eigenvalue weighted by Gasteiger charge is -2.31. The molecule has 4 rings (SSSR count). The fourth-order valence-electron chi connectivity index (χ4n) is 4.26. The molecule has 150 valence electrons. The molecule has 1 aliphatic heterocycles. The average Bonchev–Trinajstić information content (AvgIpc) is 3.22. The van der Waals surface area contributed by atoms with E-state index in [1.807, 2.05) is 6.07 Å². The van der Waals surface area contributed by atoms with Crippen molar-refractivity contribution in [2.75, 3.05) is 18.4 Å². The topological polar surface area (TPSA) is 49.4 Å². The normalized spacial score (nSPS) is 23.6. The minimum atomic E-state index is -0.750. The van der Waals surface area contributed by atoms with Crippen LogP contribution in [0.3, 0.4) is 0 Å². The van der Waals surface area contributed by atoms with Gasteiger partial charge in [0.05, 0.1) is 6.04 Å². The lowest BCUT2D eigenvalue weighted by Crippen LogP contribution is -2.39. The van der Waals surface area contributed by atoms with E-state index in [1.165, 1.54) is 23.1 Å². The monoisotopic (exact) mass is 438 g/mol. The van der Waals surface area contributed by atoms with Crippen LogP contribution >= 0.6 is 23.2 Å². The molecule has 2 aliphatic rings. The maximum atomic E-state index is 8.29. The van der Waals surface area contributed by atoms with Gasteiger partial charge >= 0.3 is 11.6 Å². The molecular weight excluding hydrogens is 415 g/mol. The Morgan fingerprint density at radius 1 is 1.14 bits per heavy atom. The molecule has 28 heavy (non-hydrogen) atoms. The number of nitrogens with zero attached hydrogens (tertiary/aromatic N) is 1. The number of rotatable bonds is 3. The van der Waals surface area contributed by atoms with Gasteiger partial charge in [-0.1, -0.05) is 47.8 Å². The van der Waals surface area contributed by atoms with Gasteiger partial charge in [-0.15, -0.1) is 0 Å². The largest absolute Gasteiger partial charge is 0.377 e. The van der Waals surface area contributed by atoms with Crippen molar-refractivity contribution in [3.8, 4) is 0 Å². The molecule has 0 aromatic heterocycles. The second kappa shape index (κ2) is 9.40. The van der Waals surface area contributed by atoms with E-state index in [4.69, 9.17) is 31.6 Å². The van der Waals surface area contributed by atoms with Gasteiger partial charge in [-0.25, -0.2) is 0 Å². The maximum Gasteiger partial charge on any atom is 0.335 e. The number of benzene rings is 2. The number of hydrogen-bond donors (Lipinski definition) is 1. The Bertz CT molecular complexity index is 869. The summed E-state index contributed by atoms with van der Waals surface area (Å²) in [5.41, 5.74) is 4.92. The Balaban J connectivity index is 0.000000706. The molecule has 0 bridgehead atoms. The van der Waals surface area contributed by atoms with Crippen molar-refractivity contribution in [1.29, 1.82) is 0 Å². The average molecular weight is 439 g/mol. The van der Waals surface area contributed by atoms with E-state index in [1.54, 1.807) is 0 Å². The Hall–Kier alpha value is -1.40. The Labute approximate surface area is 179 Å². The molecule has 1 heterocycles. The van der Waals surface area contributed by atoms with Crippen molar-refractivity contribution in [3.05, 3.63) is 63.1 Å². The predicted molar refractivity (Wildman–Crippen MR) is 116 cm³/mol. The third-order valence-electron chi connectivity index (χ3n) is 5.63. The van der Waals surface area contributed by atoms with Crippen LogP contribution in [0.1, 0.15) is 36.1 Å². The highest BCUT2D eigenvalue weighted by atomic mass is 35.5. The van der Waals surface area contributed by atoms with E-state index in [0.717, 1.165) is 41.2 Å². The zero-order valence-electron chi connectivity index (χ0n) is 16.0. The molecule has 4 nitrogen and oxygen atoms in total. The number of nitrogens with one attached hydrogen (secondary N) is 1. The first-order valence-electron chi connectivity index (χ1n) is 9.39. The van der Waals surface area contributed by atoms with Gasteiger partial charge in [0.1, 0.15) is 0 Å². The number of hydrogen-bond acceptors (Lipinski definition) is 4. The molecule has 0 unspecified atom stereocenters. The molecule has 1 fully saturated rings. The van der Waals surface area contributed by atoms with Gasteiger partial charge in [-0.3, -0.25) is 4.90 Å². The van der Waals surface area contributed by atoms with Crippen molar-refractivity contribution >= 4 is 40.5 Å². The van der Waals surface area contributed by atoms with Crippen LogP contribution < -0.4 is 5.32 Å². The van der Waals surface area contributed by atoms with E-state index in [0.29, 0.717) is 6.04 Å². The molecular formula is C21H24Cl2N2O2S. The SMILES string of the molecule is Cc1ccc(N[C@H]2c3cc(Cl)cc(Cl)c3C[C@@H]2N2CC[C@@H](C)C2)cc1.O=S=O. The van der Waals surface area contributed by atoms with E-state index in [2.05, 4.69) is 54.4 Å². The highest BCUT2D eigenvalue weighted by Gasteiger charge is 2.39. The number of likely N-dealkylation sites (tertiary alicyclic amines) is 1. The molecule has 1 saturated heterocycles. The van der Waals surface area contributed by atoms with Crippen molar-refractivity contribution < 1.29 is 8.42 Å². The molecule has 0 saturated carbocycles. The Morgan fingerprint density at radius 2 is 1.82 bits per heavy atom. The minimum Gasteiger partial charge on any atom is -0.377 e. The van der Waals surface area contributed by atoms with Gasteiger partial charge in [0.15, 0.2) is 0 Å². The molecule has 7 heteroatoms. The first-order valence-corrected chi connectivity index (χ1v) is 10.8. The van der Waals surface area contributed by atoms with E-state index in [-0.39, 0.29) is 6.04 Å². The number of halogens is 2. The molecule has 2 aromatic carbocycles. The summed E-state index contributed by atoms with van der Waals surface area (Å²) in [6.07, 6.45) is 2.26. The van der Waals surface area contributed by atoms with Gasteiger partial charge in [-0.2, -0.15) is 8.42 Å². The zero-order valence-corrected chi connectivity index (χ0v) is 18.3. The first-order chi connectivity index (χ1) is 13.4. The summed E-state index contributed by atoms with van der Waals surface area (Å²) >= 11 is 12.1. The quantitative estimate of drug-likeness (QED) is 0.727. The van der Waals surface area contributed by atoms with Crippen molar-refractivity contribution in [1.82, 2.24) is 4.90 Å². The van der Waals surface area contributed by atoms with Crippen LogP contribution in [-0.2, 0) is 18.0 Å². The first kappa shape index (κ1) is 21.3. The van der Waals surface area contributed by atoms with Crippen LogP contribution in [0.4, 0.5) is 5.69 Å². The smallest absolute Gasteiger partial charge is 0.335 e. The highest BCUT2D eigenvalue weighted by molar-refractivity contribution is 7.51. The third kappa shape index (κ3) is 4.77. The van der Waals surface area contributed by atoms with Crippen LogP contribution in [0.5, 0.6) is 0 Å². The summed E-state index contributed by atoms with van der Waals surface area (Å²) in [6, 6.07) is 13.2. The summed E-state index contributed by atoms with van der Waals surface area (Å²) in [4.78, 5) is 2.63. The van der Waals surface area contributed by atoms with Crippen LogP contribution in [-0.4, -0.2) is 32.4 Å². The molecule has 0 amide bonds. The highest BCUT2D eigenvalue weighted by Crippen LogP contribution is 2.43. The van der Waals surface area contributed by atoms with Gasteiger partial charge in [0, 0.05) is 28.3 Å². The predicted octanol–water partition coefficient (Wildman–Crippen LogP) is 5.05. The van der Waals surface area contributed by atoms with E-state index in [9.17, 15) is 0 Å². The molecule has 2 aromatic rings. The Morgan fingerprint density at radius 3 is 2.43 bits per heavy atom. The van der Waals surface area contributed by atoms with E-state index >= 15 is 0 Å². The standard InChI is InChI=1S/C21H24Cl2N2.O2S/c1-13-3-5-16(6-4-13)24-21-18-9-15(22)10-19(23)17(18)11-20(21)25-8-7-14(2)12-25;1-3-2/h3-6,9-10,14,20-21,24H,7-8,11-12H2,1-2H3;/t14-,20+,21+;/m1./s1. The van der Waals surface area contributed by atoms with Crippen molar-refractivity contribution in [3.63, 3.8) is 0 Å². The molecule has 1 N–H and O–H groups in total. The van der Waals surface area contributed by atoms with Crippen LogP contribution in [0.15, 0.2) is 36.4 Å². The van der Waals surface area contributed by atoms with E-state index < -0.39 is 11.6 Å². The van der Waals surface area contributed by atoms with Gasteiger partial charge < -0.3 is 5.32 Å². The van der Waals surface area contributed by atoms with Gasteiger partial charge in [-0.05, 0) is 67.6 Å². The van der Waals surface area contributed by atoms with Gasteiger partial charge in [0.2, 0.25) is 0 Å². The number of aryl methyl sites for hydroxylation is 1. The fourth-order valence-corrected chi connectivity index (χ4v) is 4.85. The Kier molecular flexibility index (Phi) is 7.15. The molecule has 1 aliphatic carbocycles. The fraction of sp³-hybridized carbons (Fsp3) is 0.429. The number of anilines is 1. The number of fused-ring (bicyclic) bond motifs is 1. The summed E-state index contributed by atoms with van der Waals surface area (Å²) < 4.78 is 16.6. The lowest BCUT2D eigenvalue weighted by atomic mass is 10.0.